The molecule has 1 unspecified atom stereocenters. The first kappa shape index (κ1) is 15.8. The van der Waals surface area contributed by atoms with Crippen molar-refractivity contribution in [3.05, 3.63) is 28.2 Å². The minimum absolute atomic E-state index is 0.0908. The summed E-state index contributed by atoms with van der Waals surface area (Å²) in [6, 6.07) is 6.19. The molecule has 0 saturated carbocycles. The third kappa shape index (κ3) is 5.08. The predicted molar refractivity (Wildman–Crippen MR) is 85.2 cm³/mol. The molecule has 1 aromatic rings. The molecular formula is C16H24BrNO2. The summed E-state index contributed by atoms with van der Waals surface area (Å²) in [6.45, 7) is 8.86. The lowest BCUT2D eigenvalue weighted by atomic mass is 10.1. The molecule has 2 rings (SSSR count). The zero-order valence-corrected chi connectivity index (χ0v) is 14.1. The van der Waals surface area contributed by atoms with Crippen LogP contribution in [0.15, 0.2) is 22.7 Å². The minimum atomic E-state index is 0.0908. The van der Waals surface area contributed by atoms with Gasteiger partial charge in [0.05, 0.1) is 6.61 Å². The predicted octanol–water partition coefficient (Wildman–Crippen LogP) is 3.90. The summed E-state index contributed by atoms with van der Waals surface area (Å²) in [5.41, 5.74) is 1.27. The number of hydrogen-bond donors (Lipinski definition) is 1. The molecule has 1 saturated heterocycles. The third-order valence-electron chi connectivity index (χ3n) is 3.24. The van der Waals surface area contributed by atoms with E-state index in [9.17, 15) is 0 Å². The van der Waals surface area contributed by atoms with Crippen LogP contribution in [0.25, 0.3) is 0 Å². The Hall–Kier alpha value is -0.580. The maximum atomic E-state index is 6.12. The van der Waals surface area contributed by atoms with E-state index < -0.39 is 0 Å². The molecule has 0 spiro atoms. The van der Waals surface area contributed by atoms with Crippen molar-refractivity contribution in [2.24, 2.45) is 0 Å². The van der Waals surface area contributed by atoms with Crippen molar-refractivity contribution in [1.82, 2.24) is 5.32 Å². The van der Waals surface area contributed by atoms with Gasteiger partial charge in [-0.05, 0) is 51.8 Å². The van der Waals surface area contributed by atoms with Crippen molar-refractivity contribution in [1.29, 1.82) is 0 Å². The van der Waals surface area contributed by atoms with E-state index >= 15 is 0 Å². The van der Waals surface area contributed by atoms with Crippen LogP contribution in [0.5, 0.6) is 5.75 Å². The molecule has 112 valence electrons. The summed E-state index contributed by atoms with van der Waals surface area (Å²) in [4.78, 5) is 0. The normalized spacial score (nSPS) is 19.9. The molecule has 0 radical (unpaired) electrons. The zero-order chi connectivity index (χ0) is 14.6. The smallest absolute Gasteiger partial charge is 0.124 e. The molecule has 0 bridgehead atoms. The van der Waals surface area contributed by atoms with Gasteiger partial charge in [0.25, 0.3) is 0 Å². The van der Waals surface area contributed by atoms with Crippen molar-refractivity contribution in [2.45, 2.75) is 51.8 Å². The molecule has 3 nitrogen and oxygen atoms in total. The van der Waals surface area contributed by atoms with Crippen LogP contribution in [0.4, 0.5) is 0 Å². The first-order valence-corrected chi connectivity index (χ1v) is 8.01. The lowest BCUT2D eigenvalue weighted by molar-refractivity contribution is 0.00697. The van der Waals surface area contributed by atoms with Gasteiger partial charge in [0.2, 0.25) is 0 Å². The Bertz CT molecular complexity index is 437. The van der Waals surface area contributed by atoms with Gasteiger partial charge in [0, 0.05) is 28.7 Å². The maximum Gasteiger partial charge on any atom is 0.124 e. The quantitative estimate of drug-likeness (QED) is 0.900. The highest BCUT2D eigenvalue weighted by atomic mass is 79.9. The standard InChI is InChI=1S/C16H24BrNO2/c1-16(2,3)18-10-12-9-13(17)6-7-15(12)20-14-5-4-8-19-11-14/h6-7,9,14,18H,4-5,8,10-11H2,1-3H3. The summed E-state index contributed by atoms with van der Waals surface area (Å²) in [5, 5.41) is 3.51. The first-order chi connectivity index (χ1) is 9.44. The van der Waals surface area contributed by atoms with Crippen LogP contribution in [-0.4, -0.2) is 24.9 Å². The van der Waals surface area contributed by atoms with Crippen LogP contribution in [-0.2, 0) is 11.3 Å². The van der Waals surface area contributed by atoms with Crippen LogP contribution in [0.2, 0.25) is 0 Å². The molecule has 0 aliphatic carbocycles. The van der Waals surface area contributed by atoms with Crippen molar-refractivity contribution >= 4 is 15.9 Å². The molecule has 1 atom stereocenters. The number of hydrogen-bond acceptors (Lipinski definition) is 3. The molecule has 20 heavy (non-hydrogen) atoms. The second kappa shape index (κ2) is 6.92. The van der Waals surface area contributed by atoms with Crippen LogP contribution in [0, 0.1) is 0 Å². The molecule has 1 N–H and O–H groups in total. The fourth-order valence-electron chi connectivity index (χ4n) is 2.15. The average molecular weight is 342 g/mol. The molecule has 0 amide bonds. The van der Waals surface area contributed by atoms with E-state index in [1.165, 1.54) is 5.56 Å². The second-order valence-electron chi connectivity index (χ2n) is 6.31. The number of halogens is 1. The van der Waals surface area contributed by atoms with Crippen molar-refractivity contribution in [2.75, 3.05) is 13.2 Å². The maximum absolute atomic E-state index is 6.12. The highest BCUT2D eigenvalue weighted by molar-refractivity contribution is 9.10. The minimum Gasteiger partial charge on any atom is -0.488 e. The monoisotopic (exact) mass is 341 g/mol. The lowest BCUT2D eigenvalue weighted by Crippen LogP contribution is -2.35. The lowest BCUT2D eigenvalue weighted by Gasteiger charge is -2.26. The van der Waals surface area contributed by atoms with Crippen LogP contribution in [0.1, 0.15) is 39.2 Å². The zero-order valence-electron chi connectivity index (χ0n) is 12.5. The fraction of sp³-hybridized carbons (Fsp3) is 0.625. The largest absolute Gasteiger partial charge is 0.488 e. The van der Waals surface area contributed by atoms with Gasteiger partial charge in [-0.15, -0.1) is 0 Å². The van der Waals surface area contributed by atoms with E-state index in [0.29, 0.717) is 6.61 Å². The molecule has 4 heteroatoms. The van der Waals surface area contributed by atoms with Gasteiger partial charge < -0.3 is 14.8 Å². The molecular weight excluding hydrogens is 318 g/mol. The average Bonchev–Trinajstić information content (AvgIpc) is 2.39. The van der Waals surface area contributed by atoms with Gasteiger partial charge in [-0.25, -0.2) is 0 Å². The first-order valence-electron chi connectivity index (χ1n) is 7.22. The number of rotatable bonds is 4. The Morgan fingerprint density at radius 2 is 2.20 bits per heavy atom. The van der Waals surface area contributed by atoms with Gasteiger partial charge in [0.15, 0.2) is 0 Å². The van der Waals surface area contributed by atoms with Crippen LogP contribution >= 0.6 is 15.9 Å². The summed E-state index contributed by atoms with van der Waals surface area (Å²) in [6.07, 6.45) is 2.33. The molecule has 1 aliphatic heterocycles. The number of ether oxygens (including phenoxy) is 2. The van der Waals surface area contributed by atoms with E-state index in [4.69, 9.17) is 9.47 Å². The van der Waals surface area contributed by atoms with Crippen LogP contribution < -0.4 is 10.1 Å². The van der Waals surface area contributed by atoms with E-state index in [2.05, 4.69) is 48.1 Å². The van der Waals surface area contributed by atoms with Crippen molar-refractivity contribution in [3.8, 4) is 5.75 Å². The van der Waals surface area contributed by atoms with E-state index in [1.807, 2.05) is 12.1 Å². The van der Waals surface area contributed by atoms with Gasteiger partial charge >= 0.3 is 0 Å². The summed E-state index contributed by atoms with van der Waals surface area (Å²) < 4.78 is 12.7. The fourth-order valence-corrected chi connectivity index (χ4v) is 2.55. The molecule has 1 fully saturated rings. The Labute approximate surface area is 130 Å². The van der Waals surface area contributed by atoms with E-state index in [1.54, 1.807) is 0 Å². The second-order valence-corrected chi connectivity index (χ2v) is 7.23. The highest BCUT2D eigenvalue weighted by Gasteiger charge is 2.18. The molecule has 0 aromatic heterocycles. The molecule has 1 aromatic carbocycles. The summed E-state index contributed by atoms with van der Waals surface area (Å²) in [5.74, 6) is 0.959. The Balaban J connectivity index is 2.06. The van der Waals surface area contributed by atoms with Gasteiger partial charge in [-0.1, -0.05) is 15.9 Å². The van der Waals surface area contributed by atoms with Crippen LogP contribution in [0.3, 0.4) is 0 Å². The van der Waals surface area contributed by atoms with E-state index in [-0.39, 0.29) is 11.6 Å². The van der Waals surface area contributed by atoms with Gasteiger partial charge in [-0.3, -0.25) is 0 Å². The van der Waals surface area contributed by atoms with Gasteiger partial charge in [0.1, 0.15) is 11.9 Å². The Kier molecular flexibility index (Phi) is 5.47. The molecule has 1 heterocycles. The van der Waals surface area contributed by atoms with Crippen molar-refractivity contribution in [3.63, 3.8) is 0 Å². The third-order valence-corrected chi connectivity index (χ3v) is 3.74. The summed E-state index contributed by atoms with van der Waals surface area (Å²) >= 11 is 3.53. The topological polar surface area (TPSA) is 30.5 Å². The SMILES string of the molecule is CC(C)(C)NCc1cc(Br)ccc1OC1CCCOC1. The number of benzene rings is 1. The van der Waals surface area contributed by atoms with E-state index in [0.717, 1.165) is 36.2 Å². The van der Waals surface area contributed by atoms with Gasteiger partial charge in [-0.2, -0.15) is 0 Å². The Morgan fingerprint density at radius 3 is 2.85 bits per heavy atom. The Morgan fingerprint density at radius 1 is 1.40 bits per heavy atom. The number of nitrogens with one attached hydrogen (secondary N) is 1. The van der Waals surface area contributed by atoms with Crippen molar-refractivity contribution < 1.29 is 9.47 Å². The highest BCUT2D eigenvalue weighted by Crippen LogP contribution is 2.26. The summed E-state index contributed by atoms with van der Waals surface area (Å²) in [7, 11) is 0. The molecule has 1 aliphatic rings.